The van der Waals surface area contributed by atoms with Crippen molar-refractivity contribution >= 4 is 31.6 Å². The zero-order chi connectivity index (χ0) is 12.7. The van der Waals surface area contributed by atoms with E-state index in [9.17, 15) is 8.42 Å². The molecule has 1 aromatic carbocycles. The molecule has 0 radical (unpaired) electrons. The van der Waals surface area contributed by atoms with Crippen LogP contribution in [0.15, 0.2) is 27.6 Å². The number of halogens is 1. The second-order valence-electron chi connectivity index (χ2n) is 4.23. The predicted molar refractivity (Wildman–Crippen MR) is 67.9 cm³/mol. The fourth-order valence-corrected chi connectivity index (χ4v) is 3.49. The quantitative estimate of drug-likeness (QED) is 0.717. The highest BCUT2D eigenvalue weighted by Gasteiger charge is 2.45. The van der Waals surface area contributed by atoms with Crippen LogP contribution in [0.2, 0.25) is 0 Å². The SMILES string of the molecule is Nc1cc(Br)ccc1S(=O)(=O)NC1(CO)CC1. The molecule has 4 N–H and O–H groups in total. The molecule has 0 saturated heterocycles. The fourth-order valence-electron chi connectivity index (χ4n) is 1.55. The third-order valence-electron chi connectivity index (χ3n) is 2.77. The molecule has 0 atom stereocenters. The van der Waals surface area contributed by atoms with Gasteiger partial charge in [0.1, 0.15) is 4.90 Å². The van der Waals surface area contributed by atoms with Crippen LogP contribution in [0.1, 0.15) is 12.8 Å². The number of aliphatic hydroxyl groups is 1. The average Bonchev–Trinajstić information content (AvgIpc) is 2.97. The third-order valence-corrected chi connectivity index (χ3v) is 4.91. The van der Waals surface area contributed by atoms with Gasteiger partial charge in [-0.3, -0.25) is 0 Å². The first-order chi connectivity index (χ1) is 7.88. The van der Waals surface area contributed by atoms with Gasteiger partial charge in [-0.25, -0.2) is 13.1 Å². The Kier molecular flexibility index (Phi) is 3.19. The number of nitrogen functional groups attached to an aromatic ring is 1. The Balaban J connectivity index is 2.32. The van der Waals surface area contributed by atoms with Crippen molar-refractivity contribution in [1.29, 1.82) is 0 Å². The molecular formula is C10H13BrN2O3S. The van der Waals surface area contributed by atoms with Crippen molar-refractivity contribution < 1.29 is 13.5 Å². The van der Waals surface area contributed by atoms with Crippen molar-refractivity contribution in [2.45, 2.75) is 23.3 Å². The molecule has 5 nitrogen and oxygen atoms in total. The first-order valence-electron chi connectivity index (χ1n) is 5.08. The van der Waals surface area contributed by atoms with Gasteiger partial charge >= 0.3 is 0 Å². The highest BCUT2D eigenvalue weighted by molar-refractivity contribution is 9.10. The van der Waals surface area contributed by atoms with Gasteiger partial charge in [0.2, 0.25) is 10.0 Å². The van der Waals surface area contributed by atoms with Crippen LogP contribution in [0.3, 0.4) is 0 Å². The summed E-state index contributed by atoms with van der Waals surface area (Å²) >= 11 is 3.22. The summed E-state index contributed by atoms with van der Waals surface area (Å²) in [5.74, 6) is 0. The summed E-state index contributed by atoms with van der Waals surface area (Å²) in [6.07, 6.45) is 1.30. The summed E-state index contributed by atoms with van der Waals surface area (Å²) in [5.41, 5.74) is 5.18. The number of benzene rings is 1. The van der Waals surface area contributed by atoms with E-state index in [2.05, 4.69) is 20.7 Å². The number of nitrogens with two attached hydrogens (primary N) is 1. The third kappa shape index (κ3) is 2.62. The molecule has 94 valence electrons. The van der Waals surface area contributed by atoms with E-state index in [0.29, 0.717) is 12.8 Å². The predicted octanol–water partition coefficient (Wildman–Crippen LogP) is 0.835. The van der Waals surface area contributed by atoms with Crippen molar-refractivity contribution in [2.75, 3.05) is 12.3 Å². The van der Waals surface area contributed by atoms with Crippen LogP contribution in [-0.2, 0) is 10.0 Å². The van der Waals surface area contributed by atoms with E-state index in [1.807, 2.05) is 0 Å². The molecule has 1 saturated carbocycles. The molecule has 0 bridgehead atoms. The van der Waals surface area contributed by atoms with E-state index < -0.39 is 15.6 Å². The van der Waals surface area contributed by atoms with Crippen LogP contribution in [0.4, 0.5) is 5.69 Å². The van der Waals surface area contributed by atoms with Gasteiger partial charge in [0.25, 0.3) is 0 Å². The molecule has 0 heterocycles. The summed E-state index contributed by atoms with van der Waals surface area (Å²) in [6.45, 7) is -0.192. The van der Waals surface area contributed by atoms with Crippen LogP contribution in [0.25, 0.3) is 0 Å². The molecule has 0 unspecified atom stereocenters. The zero-order valence-corrected chi connectivity index (χ0v) is 11.4. The Bertz CT molecular complexity index is 540. The molecule has 1 aliphatic rings. The smallest absolute Gasteiger partial charge is 0.243 e. The summed E-state index contributed by atoms with van der Waals surface area (Å²) in [4.78, 5) is 0.0421. The standard InChI is InChI=1S/C10H13BrN2O3S/c11-7-1-2-9(8(12)5-7)17(15,16)13-10(6-14)3-4-10/h1-2,5,13-14H,3-4,6,12H2. The van der Waals surface area contributed by atoms with Gasteiger partial charge in [0.05, 0.1) is 17.8 Å². The minimum absolute atomic E-state index is 0.0421. The first-order valence-corrected chi connectivity index (χ1v) is 7.36. The van der Waals surface area contributed by atoms with Gasteiger partial charge in [-0.2, -0.15) is 0 Å². The lowest BCUT2D eigenvalue weighted by Crippen LogP contribution is -2.39. The fraction of sp³-hybridized carbons (Fsp3) is 0.400. The van der Waals surface area contributed by atoms with Crippen molar-refractivity contribution in [3.63, 3.8) is 0 Å². The summed E-state index contributed by atoms with van der Waals surface area (Å²) in [7, 11) is -3.67. The van der Waals surface area contributed by atoms with E-state index in [1.165, 1.54) is 12.1 Å². The van der Waals surface area contributed by atoms with E-state index >= 15 is 0 Å². The van der Waals surface area contributed by atoms with Crippen LogP contribution in [0.5, 0.6) is 0 Å². The van der Waals surface area contributed by atoms with Crippen LogP contribution < -0.4 is 10.5 Å². The van der Waals surface area contributed by atoms with Gasteiger partial charge < -0.3 is 10.8 Å². The van der Waals surface area contributed by atoms with Crippen molar-refractivity contribution in [3.8, 4) is 0 Å². The van der Waals surface area contributed by atoms with Gasteiger partial charge in [0, 0.05) is 4.47 Å². The Labute approximate surface area is 108 Å². The largest absolute Gasteiger partial charge is 0.398 e. The maximum Gasteiger partial charge on any atom is 0.243 e. The van der Waals surface area contributed by atoms with Crippen LogP contribution in [0, 0.1) is 0 Å². The van der Waals surface area contributed by atoms with Crippen molar-refractivity contribution in [1.82, 2.24) is 4.72 Å². The Hall–Kier alpha value is -0.630. The molecule has 0 aliphatic heterocycles. The summed E-state index contributed by atoms with van der Waals surface area (Å²) in [6, 6.07) is 4.59. The molecule has 0 amide bonds. The second-order valence-corrected chi connectivity index (χ2v) is 6.79. The Morgan fingerprint density at radius 3 is 2.59 bits per heavy atom. The second kappa shape index (κ2) is 4.24. The molecule has 0 aromatic heterocycles. The summed E-state index contributed by atoms with van der Waals surface area (Å²) in [5, 5.41) is 9.11. The van der Waals surface area contributed by atoms with Crippen LogP contribution >= 0.6 is 15.9 Å². The first kappa shape index (κ1) is 12.8. The molecule has 1 fully saturated rings. The monoisotopic (exact) mass is 320 g/mol. The molecule has 1 aliphatic carbocycles. The number of hydrogen-bond donors (Lipinski definition) is 3. The van der Waals surface area contributed by atoms with E-state index in [0.717, 1.165) is 4.47 Å². The topological polar surface area (TPSA) is 92.4 Å². The molecule has 17 heavy (non-hydrogen) atoms. The lowest BCUT2D eigenvalue weighted by atomic mass is 10.3. The zero-order valence-electron chi connectivity index (χ0n) is 8.98. The average molecular weight is 321 g/mol. The summed E-state index contributed by atoms with van der Waals surface area (Å²) < 4.78 is 27.3. The van der Waals surface area contributed by atoms with Gasteiger partial charge in [0.15, 0.2) is 0 Å². The normalized spacial score (nSPS) is 18.0. The maximum absolute atomic E-state index is 12.1. The number of aliphatic hydroxyl groups excluding tert-OH is 1. The van der Waals surface area contributed by atoms with Crippen molar-refractivity contribution in [2.24, 2.45) is 0 Å². The van der Waals surface area contributed by atoms with Crippen LogP contribution in [-0.4, -0.2) is 25.7 Å². The van der Waals surface area contributed by atoms with Gasteiger partial charge in [-0.15, -0.1) is 0 Å². The van der Waals surface area contributed by atoms with Crippen molar-refractivity contribution in [3.05, 3.63) is 22.7 Å². The molecule has 7 heteroatoms. The lowest BCUT2D eigenvalue weighted by Gasteiger charge is -2.15. The number of anilines is 1. The highest BCUT2D eigenvalue weighted by atomic mass is 79.9. The van der Waals surface area contributed by atoms with E-state index in [1.54, 1.807) is 6.07 Å². The Morgan fingerprint density at radius 1 is 1.47 bits per heavy atom. The number of hydrogen-bond acceptors (Lipinski definition) is 4. The van der Waals surface area contributed by atoms with E-state index in [-0.39, 0.29) is 17.2 Å². The number of nitrogens with one attached hydrogen (secondary N) is 1. The minimum atomic E-state index is -3.67. The molecule has 1 aromatic rings. The maximum atomic E-state index is 12.1. The van der Waals surface area contributed by atoms with Gasteiger partial charge in [-0.05, 0) is 31.0 Å². The molecule has 0 spiro atoms. The lowest BCUT2D eigenvalue weighted by molar-refractivity contribution is 0.246. The number of rotatable bonds is 4. The number of sulfonamides is 1. The molecular weight excluding hydrogens is 308 g/mol. The molecule has 2 rings (SSSR count). The highest BCUT2D eigenvalue weighted by Crippen LogP contribution is 2.36. The Morgan fingerprint density at radius 2 is 2.12 bits per heavy atom. The van der Waals surface area contributed by atoms with Gasteiger partial charge in [-0.1, -0.05) is 15.9 Å². The minimum Gasteiger partial charge on any atom is -0.398 e. The van der Waals surface area contributed by atoms with E-state index in [4.69, 9.17) is 10.8 Å².